The van der Waals surface area contributed by atoms with E-state index in [1.165, 1.54) is 0 Å². The molecular formula is C6H4Br8. The Morgan fingerprint density at radius 1 is 0.500 bits per heavy atom. The van der Waals surface area contributed by atoms with E-state index >= 15 is 0 Å². The van der Waals surface area contributed by atoms with E-state index in [0.717, 1.165) is 12.8 Å². The van der Waals surface area contributed by atoms with Crippen LogP contribution in [0, 0.1) is 0 Å². The second-order valence-electron chi connectivity index (χ2n) is 3.06. The van der Waals surface area contributed by atoms with E-state index in [9.17, 15) is 0 Å². The van der Waals surface area contributed by atoms with E-state index < -0.39 is 6.47 Å². The van der Waals surface area contributed by atoms with E-state index in [2.05, 4.69) is 127 Å². The first-order valence-corrected chi connectivity index (χ1v) is 9.81. The van der Waals surface area contributed by atoms with Gasteiger partial charge in [-0.05, 0) is 12.8 Å². The quantitative estimate of drug-likeness (QED) is 0.245. The number of hydrogen-bond acceptors (Lipinski definition) is 0. The normalized spacial score (nSPS) is 32.6. The summed E-state index contributed by atoms with van der Waals surface area (Å²) >= 11 is 29.4. The lowest BCUT2D eigenvalue weighted by molar-refractivity contribution is 0.498. The molecule has 1 aliphatic rings. The zero-order valence-corrected chi connectivity index (χ0v) is 19.1. The molecule has 0 saturated heterocycles. The van der Waals surface area contributed by atoms with Crippen LogP contribution in [0.25, 0.3) is 0 Å². The zero-order chi connectivity index (χ0) is 11.4. The number of rotatable bonds is 0. The van der Waals surface area contributed by atoms with Crippen LogP contribution in [0.3, 0.4) is 0 Å². The summed E-state index contributed by atoms with van der Waals surface area (Å²) < 4.78 is -1.26. The molecule has 0 spiro atoms. The maximum Gasteiger partial charge on any atom is 0.133 e. The van der Waals surface area contributed by atoms with Crippen LogP contribution in [-0.4, -0.2) is 12.9 Å². The molecule has 0 unspecified atom stereocenters. The van der Waals surface area contributed by atoms with Gasteiger partial charge in [0.05, 0.1) is 0 Å². The van der Waals surface area contributed by atoms with E-state index in [-0.39, 0.29) is 6.47 Å². The summed E-state index contributed by atoms with van der Waals surface area (Å²) in [6.07, 6.45) is 1.89. The molecular weight excluding hydrogens is 711 g/mol. The second-order valence-corrected chi connectivity index (χ2v) is 17.5. The Balaban J connectivity index is 3.20. The molecule has 0 atom stereocenters. The molecule has 0 bridgehead atoms. The molecule has 0 aromatic rings. The van der Waals surface area contributed by atoms with Gasteiger partial charge in [0.25, 0.3) is 0 Å². The summed E-state index contributed by atoms with van der Waals surface area (Å²) in [6, 6.07) is 0. The molecule has 84 valence electrons. The van der Waals surface area contributed by atoms with Gasteiger partial charge in [0.2, 0.25) is 0 Å². The molecule has 1 saturated carbocycles. The van der Waals surface area contributed by atoms with Crippen LogP contribution in [0.4, 0.5) is 0 Å². The predicted molar refractivity (Wildman–Crippen MR) is 91.6 cm³/mol. The average molecular weight is 715 g/mol. The summed E-state index contributed by atoms with van der Waals surface area (Å²) in [5.74, 6) is 0. The van der Waals surface area contributed by atoms with Gasteiger partial charge in [-0.25, -0.2) is 0 Å². The van der Waals surface area contributed by atoms with Crippen molar-refractivity contribution < 1.29 is 0 Å². The Morgan fingerprint density at radius 2 is 0.714 bits per heavy atom. The van der Waals surface area contributed by atoms with Crippen molar-refractivity contribution in [2.75, 3.05) is 0 Å². The van der Waals surface area contributed by atoms with Gasteiger partial charge in [0.15, 0.2) is 0 Å². The molecule has 0 radical (unpaired) electrons. The molecule has 0 amide bonds. The maximum atomic E-state index is 3.68. The van der Waals surface area contributed by atoms with Gasteiger partial charge < -0.3 is 0 Å². The monoisotopic (exact) mass is 707 g/mol. The second kappa shape index (κ2) is 4.75. The molecule has 0 heterocycles. The fourth-order valence-electron chi connectivity index (χ4n) is 1.09. The van der Waals surface area contributed by atoms with Gasteiger partial charge in [0, 0.05) is 0 Å². The summed E-state index contributed by atoms with van der Waals surface area (Å²) in [4.78, 5) is 0. The fraction of sp³-hybridized carbons (Fsp3) is 1.00. The van der Waals surface area contributed by atoms with Gasteiger partial charge in [-0.2, -0.15) is 0 Å². The van der Waals surface area contributed by atoms with Crippen LogP contribution < -0.4 is 0 Å². The highest BCUT2D eigenvalue weighted by Gasteiger charge is 2.68. The lowest BCUT2D eigenvalue weighted by Crippen LogP contribution is -2.59. The first-order chi connectivity index (χ1) is 5.96. The van der Waals surface area contributed by atoms with Crippen LogP contribution in [0.2, 0.25) is 0 Å². The van der Waals surface area contributed by atoms with Gasteiger partial charge in [-0.3, -0.25) is 0 Å². The van der Waals surface area contributed by atoms with Crippen molar-refractivity contribution in [3.05, 3.63) is 0 Å². The van der Waals surface area contributed by atoms with Crippen molar-refractivity contribution in [3.63, 3.8) is 0 Å². The molecule has 0 aromatic carbocycles. The minimum Gasteiger partial charge on any atom is -0.0701 e. The summed E-state index contributed by atoms with van der Waals surface area (Å²) in [5.41, 5.74) is 0. The van der Waals surface area contributed by atoms with Crippen LogP contribution >= 0.6 is 127 Å². The third-order valence-corrected chi connectivity index (χ3v) is 17.5. The third kappa shape index (κ3) is 2.44. The Hall–Kier alpha value is 3.84. The number of hydrogen-bond donors (Lipinski definition) is 0. The molecule has 1 fully saturated rings. The molecule has 0 aromatic heterocycles. The smallest absolute Gasteiger partial charge is 0.0701 e. The molecule has 1 rings (SSSR count). The molecule has 8 heteroatoms. The summed E-state index contributed by atoms with van der Waals surface area (Å²) in [7, 11) is 0. The molecule has 0 N–H and O–H groups in total. The lowest BCUT2D eigenvalue weighted by atomic mass is 9.99. The van der Waals surface area contributed by atoms with Crippen LogP contribution in [0.15, 0.2) is 0 Å². The lowest BCUT2D eigenvalue weighted by Gasteiger charge is -2.53. The maximum absolute atomic E-state index is 3.68. The van der Waals surface area contributed by atoms with Gasteiger partial charge in [-0.15, -0.1) is 0 Å². The minimum atomic E-state index is -0.398. The molecule has 0 aliphatic heterocycles. The molecule has 0 nitrogen and oxygen atoms in total. The zero-order valence-electron chi connectivity index (χ0n) is 6.44. The Morgan fingerprint density at radius 3 is 0.929 bits per heavy atom. The van der Waals surface area contributed by atoms with Gasteiger partial charge in [-0.1, -0.05) is 127 Å². The fourth-order valence-corrected chi connectivity index (χ4v) is 7.34. The van der Waals surface area contributed by atoms with Crippen LogP contribution in [0.5, 0.6) is 0 Å². The van der Waals surface area contributed by atoms with E-state index in [1.807, 2.05) is 0 Å². The van der Waals surface area contributed by atoms with Gasteiger partial charge in [0.1, 0.15) is 12.9 Å². The summed E-state index contributed by atoms with van der Waals surface area (Å²) in [6.45, 7) is 0. The highest BCUT2D eigenvalue weighted by atomic mass is 79.9. The largest absolute Gasteiger partial charge is 0.133 e. The van der Waals surface area contributed by atoms with E-state index in [4.69, 9.17) is 0 Å². The van der Waals surface area contributed by atoms with Crippen molar-refractivity contribution in [2.45, 2.75) is 25.8 Å². The van der Waals surface area contributed by atoms with Crippen molar-refractivity contribution in [1.82, 2.24) is 0 Å². The molecule has 14 heavy (non-hydrogen) atoms. The standard InChI is InChI=1S/C6H4Br8/c7-3(8)1-2-4(9,10)6(13,14)5(3,11)12/h1-2H2. The number of alkyl halides is 8. The Bertz CT molecular complexity index is 216. The summed E-state index contributed by atoms with van der Waals surface area (Å²) in [5, 5.41) is 0. The topological polar surface area (TPSA) is 0 Å². The predicted octanol–water partition coefficient (Wildman–Crippen LogP) is 6.72. The average Bonchev–Trinajstić information content (AvgIpc) is 1.98. The van der Waals surface area contributed by atoms with E-state index in [1.54, 1.807) is 0 Å². The van der Waals surface area contributed by atoms with Gasteiger partial charge >= 0.3 is 0 Å². The highest BCUT2D eigenvalue weighted by Crippen LogP contribution is 2.72. The number of halogens is 8. The van der Waals surface area contributed by atoms with Crippen molar-refractivity contribution >= 4 is 127 Å². The molecule has 1 aliphatic carbocycles. The van der Waals surface area contributed by atoms with Crippen LogP contribution in [-0.2, 0) is 0 Å². The Labute approximate surface area is 150 Å². The van der Waals surface area contributed by atoms with E-state index in [0.29, 0.717) is 0 Å². The SMILES string of the molecule is BrC1(Br)CCC(Br)(Br)C(Br)(Br)C1(Br)Br. The highest BCUT2D eigenvalue weighted by molar-refractivity contribution is 9.34. The third-order valence-electron chi connectivity index (χ3n) is 2.07. The minimum absolute atomic E-state index is 0.231. The van der Waals surface area contributed by atoms with Crippen molar-refractivity contribution in [2.24, 2.45) is 0 Å². The first-order valence-electron chi connectivity index (χ1n) is 3.47. The van der Waals surface area contributed by atoms with Crippen molar-refractivity contribution in [3.8, 4) is 0 Å². The van der Waals surface area contributed by atoms with Crippen molar-refractivity contribution in [1.29, 1.82) is 0 Å². The first kappa shape index (κ1) is 15.9. The van der Waals surface area contributed by atoms with Crippen LogP contribution in [0.1, 0.15) is 12.8 Å². The Kier molecular flexibility index (Phi) is 5.39.